The quantitative estimate of drug-likeness (QED) is 0.799. The molecule has 0 aliphatic carbocycles. The van der Waals surface area contributed by atoms with Crippen molar-refractivity contribution in [2.45, 2.75) is 6.42 Å². The zero-order chi connectivity index (χ0) is 11.1. The van der Waals surface area contributed by atoms with E-state index in [9.17, 15) is 8.42 Å². The third-order valence-electron chi connectivity index (χ3n) is 2.37. The van der Waals surface area contributed by atoms with E-state index in [4.69, 9.17) is 5.73 Å². The van der Waals surface area contributed by atoms with Gasteiger partial charge < -0.3 is 5.73 Å². The van der Waals surface area contributed by atoms with E-state index in [0.29, 0.717) is 24.3 Å². The van der Waals surface area contributed by atoms with Crippen molar-refractivity contribution in [3.8, 4) is 0 Å². The maximum absolute atomic E-state index is 11.6. The van der Waals surface area contributed by atoms with E-state index < -0.39 is 10.0 Å². The third-order valence-corrected chi connectivity index (χ3v) is 4.96. The van der Waals surface area contributed by atoms with Gasteiger partial charge in [-0.05, 0) is 40.5 Å². The summed E-state index contributed by atoms with van der Waals surface area (Å²) in [5, 5.41) is 0. The van der Waals surface area contributed by atoms with Crippen LogP contribution in [0.5, 0.6) is 0 Å². The average molecular weight is 291 g/mol. The summed E-state index contributed by atoms with van der Waals surface area (Å²) < 4.78 is 25.5. The van der Waals surface area contributed by atoms with Crippen molar-refractivity contribution in [1.29, 1.82) is 0 Å². The van der Waals surface area contributed by atoms with Crippen LogP contribution in [0.3, 0.4) is 0 Å². The van der Waals surface area contributed by atoms with Crippen LogP contribution in [-0.4, -0.2) is 20.7 Å². The van der Waals surface area contributed by atoms with Gasteiger partial charge >= 0.3 is 0 Å². The highest BCUT2D eigenvalue weighted by molar-refractivity contribution is 9.10. The largest absolute Gasteiger partial charge is 0.398 e. The molecule has 0 amide bonds. The number of halogens is 1. The van der Waals surface area contributed by atoms with E-state index in [0.717, 1.165) is 4.47 Å². The Bertz CT molecular complexity index is 487. The van der Waals surface area contributed by atoms with Crippen molar-refractivity contribution in [2.24, 2.45) is 0 Å². The second-order valence-corrected chi connectivity index (χ2v) is 6.31. The molecule has 0 unspecified atom stereocenters. The van der Waals surface area contributed by atoms with E-state index in [1.807, 2.05) is 0 Å². The lowest BCUT2D eigenvalue weighted by Gasteiger charge is -2.17. The molecule has 1 aliphatic heterocycles. The van der Waals surface area contributed by atoms with E-state index in [2.05, 4.69) is 15.9 Å². The van der Waals surface area contributed by atoms with Gasteiger partial charge in [-0.3, -0.25) is 4.31 Å². The summed E-state index contributed by atoms with van der Waals surface area (Å²) in [4.78, 5) is 0. The lowest BCUT2D eigenvalue weighted by atomic mass is 10.3. The Morgan fingerprint density at radius 3 is 2.67 bits per heavy atom. The van der Waals surface area contributed by atoms with Crippen molar-refractivity contribution >= 4 is 37.3 Å². The molecule has 0 spiro atoms. The van der Waals surface area contributed by atoms with Crippen molar-refractivity contribution in [3.63, 3.8) is 0 Å². The summed E-state index contributed by atoms with van der Waals surface area (Å²) in [5.41, 5.74) is 6.91. The molecule has 1 fully saturated rings. The SMILES string of the molecule is Nc1cc(N2CCCS2(=O)=O)ccc1Br. The molecular formula is C9H11BrN2O2S. The fourth-order valence-electron chi connectivity index (χ4n) is 1.62. The number of hydrogen-bond acceptors (Lipinski definition) is 3. The number of nitrogens with zero attached hydrogens (tertiary/aromatic N) is 1. The molecule has 1 saturated heterocycles. The van der Waals surface area contributed by atoms with Gasteiger partial charge in [-0.1, -0.05) is 0 Å². The van der Waals surface area contributed by atoms with Gasteiger partial charge in [-0.15, -0.1) is 0 Å². The average Bonchev–Trinajstić information content (AvgIpc) is 2.50. The van der Waals surface area contributed by atoms with Crippen LogP contribution in [0.25, 0.3) is 0 Å². The molecule has 1 aromatic carbocycles. The van der Waals surface area contributed by atoms with Gasteiger partial charge in [0.2, 0.25) is 10.0 Å². The minimum atomic E-state index is -3.11. The zero-order valence-electron chi connectivity index (χ0n) is 7.98. The van der Waals surface area contributed by atoms with Crippen molar-refractivity contribution < 1.29 is 8.42 Å². The number of rotatable bonds is 1. The second-order valence-electron chi connectivity index (χ2n) is 3.45. The molecule has 0 aromatic heterocycles. The van der Waals surface area contributed by atoms with Crippen molar-refractivity contribution in [3.05, 3.63) is 22.7 Å². The highest BCUT2D eigenvalue weighted by Gasteiger charge is 2.28. The number of nitrogen functional groups attached to an aromatic ring is 1. The van der Waals surface area contributed by atoms with E-state index in [1.165, 1.54) is 4.31 Å². The van der Waals surface area contributed by atoms with Crippen molar-refractivity contribution in [2.75, 3.05) is 22.3 Å². The first-order valence-corrected chi connectivity index (χ1v) is 6.96. The van der Waals surface area contributed by atoms with Crippen LogP contribution in [0.15, 0.2) is 22.7 Å². The molecule has 0 bridgehead atoms. The summed E-state index contributed by atoms with van der Waals surface area (Å²) in [5.74, 6) is 0.225. The topological polar surface area (TPSA) is 63.4 Å². The molecule has 6 heteroatoms. The second kappa shape index (κ2) is 3.68. The van der Waals surface area contributed by atoms with E-state index >= 15 is 0 Å². The van der Waals surface area contributed by atoms with Crippen LogP contribution < -0.4 is 10.0 Å². The molecule has 1 heterocycles. The Kier molecular flexibility index (Phi) is 2.64. The normalized spacial score (nSPS) is 19.4. The molecule has 0 saturated carbocycles. The van der Waals surface area contributed by atoms with Crippen LogP contribution in [-0.2, 0) is 10.0 Å². The first kappa shape index (κ1) is 10.8. The third kappa shape index (κ3) is 1.96. The fraction of sp³-hybridized carbons (Fsp3) is 0.333. The van der Waals surface area contributed by atoms with Crippen LogP contribution >= 0.6 is 15.9 Å². The Morgan fingerprint density at radius 2 is 2.13 bits per heavy atom. The predicted molar refractivity (Wildman–Crippen MR) is 64.3 cm³/mol. The Morgan fingerprint density at radius 1 is 1.40 bits per heavy atom. The molecule has 1 aliphatic rings. The number of anilines is 2. The summed E-state index contributed by atoms with van der Waals surface area (Å²) >= 11 is 3.27. The summed E-state index contributed by atoms with van der Waals surface area (Å²) in [7, 11) is -3.11. The summed E-state index contributed by atoms with van der Waals surface area (Å²) in [6.45, 7) is 0.545. The van der Waals surface area contributed by atoms with Gasteiger partial charge in [-0.2, -0.15) is 0 Å². The molecule has 82 valence electrons. The number of benzene rings is 1. The van der Waals surface area contributed by atoms with Crippen LogP contribution in [0, 0.1) is 0 Å². The predicted octanol–water partition coefficient (Wildman–Crippen LogP) is 1.57. The zero-order valence-corrected chi connectivity index (χ0v) is 10.4. The number of sulfonamides is 1. The highest BCUT2D eigenvalue weighted by Crippen LogP contribution is 2.29. The lowest BCUT2D eigenvalue weighted by molar-refractivity contribution is 0.599. The van der Waals surface area contributed by atoms with E-state index in [-0.39, 0.29) is 5.75 Å². The molecule has 1 aromatic rings. The van der Waals surface area contributed by atoms with Gasteiger partial charge in [-0.25, -0.2) is 8.42 Å². The summed E-state index contributed by atoms with van der Waals surface area (Å²) in [6, 6.07) is 5.19. The Balaban J connectivity index is 2.42. The molecule has 2 rings (SSSR count). The monoisotopic (exact) mass is 290 g/mol. The fourth-order valence-corrected chi connectivity index (χ4v) is 3.42. The molecule has 4 nitrogen and oxygen atoms in total. The first-order valence-electron chi connectivity index (χ1n) is 4.56. The van der Waals surface area contributed by atoms with Gasteiger partial charge in [0.05, 0.1) is 11.4 Å². The molecule has 2 N–H and O–H groups in total. The van der Waals surface area contributed by atoms with E-state index in [1.54, 1.807) is 18.2 Å². The standard InChI is InChI=1S/C9H11BrN2O2S/c10-8-3-2-7(6-9(8)11)12-4-1-5-15(12,13)14/h2-3,6H,1,4-5,11H2. The van der Waals surface area contributed by atoms with Crippen molar-refractivity contribution in [1.82, 2.24) is 0 Å². The minimum Gasteiger partial charge on any atom is -0.398 e. The highest BCUT2D eigenvalue weighted by atomic mass is 79.9. The maximum atomic E-state index is 11.6. The van der Waals surface area contributed by atoms with Gasteiger partial charge in [0.15, 0.2) is 0 Å². The minimum absolute atomic E-state index is 0.225. The first-order chi connectivity index (χ1) is 7.00. The smallest absolute Gasteiger partial charge is 0.235 e. The molecule has 15 heavy (non-hydrogen) atoms. The molecule has 0 atom stereocenters. The van der Waals surface area contributed by atoms with Gasteiger partial charge in [0.25, 0.3) is 0 Å². The van der Waals surface area contributed by atoms with Crippen LogP contribution in [0.1, 0.15) is 6.42 Å². The van der Waals surface area contributed by atoms with Gasteiger partial charge in [0.1, 0.15) is 0 Å². The number of hydrogen-bond donors (Lipinski definition) is 1. The molecule has 0 radical (unpaired) electrons. The maximum Gasteiger partial charge on any atom is 0.235 e. The van der Waals surface area contributed by atoms with Crippen LogP contribution in [0.2, 0.25) is 0 Å². The summed E-state index contributed by atoms with van der Waals surface area (Å²) in [6.07, 6.45) is 0.679. The van der Waals surface area contributed by atoms with Gasteiger partial charge in [0, 0.05) is 16.7 Å². The van der Waals surface area contributed by atoms with Crippen LogP contribution in [0.4, 0.5) is 11.4 Å². The Hall–Kier alpha value is -0.750. The molecular weight excluding hydrogens is 280 g/mol. The number of nitrogens with two attached hydrogens (primary N) is 1. The Labute approximate surface area is 97.2 Å². The lowest BCUT2D eigenvalue weighted by Crippen LogP contribution is -2.25.